The summed E-state index contributed by atoms with van der Waals surface area (Å²) in [6.45, 7) is 1.47. The van der Waals surface area contributed by atoms with Crippen LogP contribution in [0.5, 0.6) is 0 Å². The number of carbonyl (C=O) groups is 2. The van der Waals surface area contributed by atoms with Gasteiger partial charge in [-0.1, -0.05) is 53.5 Å². The van der Waals surface area contributed by atoms with E-state index >= 15 is 0 Å². The first kappa shape index (κ1) is 19.9. The van der Waals surface area contributed by atoms with Crippen molar-refractivity contribution in [2.45, 2.75) is 13.0 Å². The summed E-state index contributed by atoms with van der Waals surface area (Å²) in [5.41, 5.74) is 1.90. The Labute approximate surface area is 171 Å². The molecule has 0 aliphatic carbocycles. The minimum atomic E-state index is -1.02. The van der Waals surface area contributed by atoms with Crippen LogP contribution < -0.4 is 5.32 Å². The molecule has 2 aromatic carbocycles. The van der Waals surface area contributed by atoms with E-state index < -0.39 is 18.0 Å². The molecule has 142 valence electrons. The van der Waals surface area contributed by atoms with Gasteiger partial charge in [0.05, 0.1) is 21.2 Å². The Kier molecular flexibility index (Phi) is 6.29. The highest BCUT2D eigenvalue weighted by Gasteiger charge is 2.18. The van der Waals surface area contributed by atoms with E-state index in [0.29, 0.717) is 10.7 Å². The van der Waals surface area contributed by atoms with Crippen LogP contribution >= 0.6 is 23.2 Å². The molecule has 3 aromatic rings. The van der Waals surface area contributed by atoms with Crippen LogP contribution in [0.1, 0.15) is 12.5 Å². The zero-order valence-corrected chi connectivity index (χ0v) is 16.4. The first-order valence-electron chi connectivity index (χ1n) is 8.43. The van der Waals surface area contributed by atoms with E-state index in [2.05, 4.69) is 10.3 Å². The fourth-order valence-electron chi connectivity index (χ4n) is 2.52. The summed E-state index contributed by atoms with van der Waals surface area (Å²) in [6.07, 6.45) is 3.54. The number of carbonyl (C=O) groups excluding carboxylic acids is 2. The Balaban J connectivity index is 1.64. The molecule has 0 saturated heterocycles. The maximum Gasteiger partial charge on any atom is 0.331 e. The van der Waals surface area contributed by atoms with E-state index in [-0.39, 0.29) is 5.02 Å². The topological polar surface area (TPSA) is 68.3 Å². The lowest BCUT2D eigenvalue weighted by Gasteiger charge is -2.13. The molecule has 7 heteroatoms. The fraction of sp³-hybridized carbons (Fsp3) is 0.0952. The van der Waals surface area contributed by atoms with Crippen LogP contribution in [0.25, 0.3) is 17.0 Å². The average Bonchev–Trinajstić information content (AvgIpc) is 2.69. The predicted molar refractivity (Wildman–Crippen MR) is 111 cm³/mol. The number of esters is 1. The van der Waals surface area contributed by atoms with Crippen molar-refractivity contribution in [3.63, 3.8) is 0 Å². The van der Waals surface area contributed by atoms with Crippen molar-refractivity contribution in [3.05, 3.63) is 76.4 Å². The smallest absolute Gasteiger partial charge is 0.331 e. The zero-order chi connectivity index (χ0) is 20.1. The second-order valence-electron chi connectivity index (χ2n) is 5.93. The number of rotatable bonds is 5. The van der Waals surface area contributed by atoms with Crippen LogP contribution in [0.15, 0.2) is 60.8 Å². The monoisotopic (exact) mass is 414 g/mol. The van der Waals surface area contributed by atoms with Crippen LogP contribution in [0.4, 0.5) is 5.69 Å². The third-order valence-electron chi connectivity index (χ3n) is 3.93. The minimum absolute atomic E-state index is 0.222. The lowest BCUT2D eigenvalue weighted by molar-refractivity contribution is -0.148. The van der Waals surface area contributed by atoms with E-state index in [1.165, 1.54) is 13.0 Å². The number of hydrogen-bond donors (Lipinski definition) is 1. The maximum atomic E-state index is 12.2. The minimum Gasteiger partial charge on any atom is -0.449 e. The lowest BCUT2D eigenvalue weighted by Crippen LogP contribution is -2.29. The number of halogens is 2. The summed E-state index contributed by atoms with van der Waals surface area (Å²) in [5, 5.41) is 4.09. The van der Waals surface area contributed by atoms with Gasteiger partial charge in [0, 0.05) is 23.2 Å². The molecule has 1 unspecified atom stereocenters. The molecule has 1 aromatic heterocycles. The zero-order valence-electron chi connectivity index (χ0n) is 14.9. The molecule has 1 atom stereocenters. The number of fused-ring (bicyclic) bond motifs is 1. The highest BCUT2D eigenvalue weighted by molar-refractivity contribution is 6.44. The van der Waals surface area contributed by atoms with E-state index in [1.807, 2.05) is 30.3 Å². The predicted octanol–water partition coefficient (Wildman–Crippen LogP) is 5.13. The van der Waals surface area contributed by atoms with Crippen LogP contribution in [0.2, 0.25) is 10.0 Å². The van der Waals surface area contributed by atoms with Crippen LogP contribution in [0.3, 0.4) is 0 Å². The molecule has 0 aliphatic rings. The fourth-order valence-corrected chi connectivity index (χ4v) is 2.87. The molecule has 0 aliphatic heterocycles. The maximum absolute atomic E-state index is 12.2. The molecule has 0 fully saturated rings. The van der Waals surface area contributed by atoms with Crippen LogP contribution in [0, 0.1) is 0 Å². The van der Waals surface area contributed by atoms with Crippen molar-refractivity contribution >= 4 is 57.7 Å². The second-order valence-corrected chi connectivity index (χ2v) is 6.71. The number of nitrogens with zero attached hydrogens (tertiary/aromatic N) is 1. The third kappa shape index (κ3) is 4.68. The van der Waals surface area contributed by atoms with Gasteiger partial charge in [-0.15, -0.1) is 0 Å². The average molecular weight is 415 g/mol. The standard InChI is InChI=1S/C21H16Cl2N2O3/c1-13(21(27)25-17-9-3-8-16(22)19(17)23)28-18(26)11-10-15-6-2-5-14-7-4-12-24-20(14)15/h2-13H,1H3,(H,25,27)/b11-10+. The Morgan fingerprint density at radius 2 is 1.86 bits per heavy atom. The van der Waals surface area contributed by atoms with E-state index in [0.717, 1.165) is 16.5 Å². The summed E-state index contributed by atoms with van der Waals surface area (Å²) >= 11 is 12.0. The van der Waals surface area contributed by atoms with Crippen molar-refractivity contribution in [2.24, 2.45) is 0 Å². The summed E-state index contributed by atoms with van der Waals surface area (Å²) < 4.78 is 5.15. The van der Waals surface area contributed by atoms with Crippen molar-refractivity contribution in [1.82, 2.24) is 4.98 Å². The molecule has 0 spiro atoms. The number of benzene rings is 2. The quantitative estimate of drug-likeness (QED) is 0.464. The van der Waals surface area contributed by atoms with E-state index in [4.69, 9.17) is 27.9 Å². The number of aromatic nitrogens is 1. The van der Waals surface area contributed by atoms with E-state index in [9.17, 15) is 9.59 Å². The highest BCUT2D eigenvalue weighted by atomic mass is 35.5. The van der Waals surface area contributed by atoms with Crippen molar-refractivity contribution < 1.29 is 14.3 Å². The first-order valence-corrected chi connectivity index (χ1v) is 9.18. The van der Waals surface area contributed by atoms with Crippen molar-refractivity contribution in [1.29, 1.82) is 0 Å². The largest absolute Gasteiger partial charge is 0.449 e. The number of nitrogens with one attached hydrogen (secondary N) is 1. The highest BCUT2D eigenvalue weighted by Crippen LogP contribution is 2.29. The van der Waals surface area contributed by atoms with Gasteiger partial charge in [0.2, 0.25) is 0 Å². The summed E-state index contributed by atoms with van der Waals surface area (Å²) in [6, 6.07) is 14.3. The Hall–Kier alpha value is -2.89. The summed E-state index contributed by atoms with van der Waals surface area (Å²) in [4.78, 5) is 28.6. The van der Waals surface area contributed by atoms with E-state index in [1.54, 1.807) is 30.5 Å². The SMILES string of the molecule is CC(OC(=O)/C=C/c1cccc2cccnc12)C(=O)Nc1cccc(Cl)c1Cl. The molecule has 1 N–H and O–H groups in total. The van der Waals surface area contributed by atoms with Gasteiger partial charge in [-0.05, 0) is 31.2 Å². The summed E-state index contributed by atoms with van der Waals surface area (Å²) in [7, 11) is 0. The molecular formula is C21H16Cl2N2O3. The Morgan fingerprint density at radius 3 is 2.68 bits per heavy atom. The van der Waals surface area contributed by atoms with Gasteiger partial charge >= 0.3 is 5.97 Å². The number of anilines is 1. The van der Waals surface area contributed by atoms with Crippen molar-refractivity contribution in [2.75, 3.05) is 5.32 Å². The van der Waals surface area contributed by atoms with Crippen molar-refractivity contribution in [3.8, 4) is 0 Å². The first-order chi connectivity index (χ1) is 13.5. The van der Waals surface area contributed by atoms with Gasteiger partial charge in [0.25, 0.3) is 5.91 Å². The number of para-hydroxylation sites is 1. The Bertz CT molecular complexity index is 1060. The molecule has 0 bridgehead atoms. The van der Waals surface area contributed by atoms with Crippen LogP contribution in [-0.2, 0) is 14.3 Å². The molecule has 1 heterocycles. The molecule has 1 amide bonds. The van der Waals surface area contributed by atoms with Gasteiger partial charge in [0.1, 0.15) is 0 Å². The summed E-state index contributed by atoms with van der Waals surface area (Å²) in [5.74, 6) is -1.16. The number of amides is 1. The molecule has 0 saturated carbocycles. The molecule has 28 heavy (non-hydrogen) atoms. The normalized spacial score (nSPS) is 12.1. The third-order valence-corrected chi connectivity index (χ3v) is 4.75. The molecule has 0 radical (unpaired) electrons. The Morgan fingerprint density at radius 1 is 1.11 bits per heavy atom. The number of ether oxygens (including phenoxy) is 1. The van der Waals surface area contributed by atoms with Gasteiger partial charge < -0.3 is 10.1 Å². The molecule has 3 rings (SSSR count). The van der Waals surface area contributed by atoms with Gasteiger partial charge in [-0.25, -0.2) is 4.79 Å². The molecule has 5 nitrogen and oxygen atoms in total. The van der Waals surface area contributed by atoms with Gasteiger partial charge in [-0.2, -0.15) is 0 Å². The van der Waals surface area contributed by atoms with Gasteiger partial charge in [0.15, 0.2) is 6.10 Å². The number of hydrogen-bond acceptors (Lipinski definition) is 4. The lowest BCUT2D eigenvalue weighted by atomic mass is 10.1. The molecular weight excluding hydrogens is 399 g/mol. The second kappa shape index (κ2) is 8.87. The van der Waals surface area contributed by atoms with Crippen LogP contribution in [-0.4, -0.2) is 23.0 Å². The number of pyridine rings is 1. The van der Waals surface area contributed by atoms with Gasteiger partial charge in [-0.3, -0.25) is 9.78 Å².